The molecule has 2 amide bonds. The highest BCUT2D eigenvalue weighted by Crippen LogP contribution is 2.39. The fraction of sp³-hybridized carbons (Fsp3) is 0.474. The Bertz CT molecular complexity index is 660. The highest BCUT2D eigenvalue weighted by Gasteiger charge is 2.42. The SMILES string of the molecule is Cc1ccc(C2=C(SCCO)C(=O)N(C3CCCCC3)C2=O)cc1. The first-order chi connectivity index (χ1) is 11.6. The zero-order valence-corrected chi connectivity index (χ0v) is 14.8. The number of imide groups is 1. The molecule has 2 aliphatic rings. The normalized spacial score (nSPS) is 19.5. The minimum atomic E-state index is -0.180. The van der Waals surface area contributed by atoms with E-state index in [1.54, 1.807) is 0 Å². The van der Waals surface area contributed by atoms with Crippen molar-refractivity contribution in [2.24, 2.45) is 0 Å². The van der Waals surface area contributed by atoms with Crippen LogP contribution in [0.25, 0.3) is 5.57 Å². The van der Waals surface area contributed by atoms with E-state index in [1.807, 2.05) is 31.2 Å². The standard InChI is InChI=1S/C19H23NO3S/c1-13-7-9-14(10-8-13)16-17(24-12-11-21)19(23)20(18(16)22)15-5-3-2-4-6-15/h7-10,15,21H,2-6,11-12H2,1H3. The van der Waals surface area contributed by atoms with Crippen molar-refractivity contribution in [3.63, 3.8) is 0 Å². The van der Waals surface area contributed by atoms with Gasteiger partial charge in [-0.25, -0.2) is 0 Å². The fourth-order valence-electron chi connectivity index (χ4n) is 3.45. The van der Waals surface area contributed by atoms with Crippen molar-refractivity contribution in [1.82, 2.24) is 4.90 Å². The molecule has 128 valence electrons. The van der Waals surface area contributed by atoms with Crippen molar-refractivity contribution in [2.75, 3.05) is 12.4 Å². The molecule has 3 rings (SSSR count). The molecule has 1 saturated carbocycles. The highest BCUT2D eigenvalue weighted by molar-refractivity contribution is 8.04. The molecule has 4 nitrogen and oxygen atoms in total. The summed E-state index contributed by atoms with van der Waals surface area (Å²) in [5.41, 5.74) is 2.41. The summed E-state index contributed by atoms with van der Waals surface area (Å²) in [6.45, 7) is 1.98. The second-order valence-corrected chi connectivity index (χ2v) is 7.52. The summed E-state index contributed by atoms with van der Waals surface area (Å²) in [6.07, 6.45) is 5.12. The van der Waals surface area contributed by atoms with E-state index in [0.717, 1.165) is 36.8 Å². The molecule has 1 aliphatic heterocycles. The van der Waals surface area contributed by atoms with Gasteiger partial charge in [0, 0.05) is 11.8 Å². The molecular weight excluding hydrogens is 322 g/mol. The molecule has 1 aromatic rings. The first kappa shape index (κ1) is 17.2. The molecule has 0 aromatic heterocycles. The van der Waals surface area contributed by atoms with Gasteiger partial charge in [-0.3, -0.25) is 14.5 Å². The number of rotatable bonds is 5. The van der Waals surface area contributed by atoms with Crippen molar-refractivity contribution in [2.45, 2.75) is 45.1 Å². The van der Waals surface area contributed by atoms with Crippen molar-refractivity contribution >= 4 is 29.1 Å². The van der Waals surface area contributed by atoms with Gasteiger partial charge in [0.2, 0.25) is 0 Å². The number of carbonyl (C=O) groups is 2. The number of benzene rings is 1. The molecule has 5 heteroatoms. The number of aryl methyl sites for hydroxylation is 1. The van der Waals surface area contributed by atoms with E-state index >= 15 is 0 Å². The molecule has 0 radical (unpaired) electrons. The molecule has 0 atom stereocenters. The van der Waals surface area contributed by atoms with Crippen LogP contribution in [0.3, 0.4) is 0 Å². The van der Waals surface area contributed by atoms with E-state index < -0.39 is 0 Å². The highest BCUT2D eigenvalue weighted by atomic mass is 32.2. The number of hydrogen-bond acceptors (Lipinski definition) is 4. The van der Waals surface area contributed by atoms with Crippen LogP contribution in [-0.2, 0) is 9.59 Å². The molecule has 1 aromatic carbocycles. The van der Waals surface area contributed by atoms with E-state index in [4.69, 9.17) is 5.11 Å². The molecule has 0 unspecified atom stereocenters. The van der Waals surface area contributed by atoms with Gasteiger partial charge in [-0.2, -0.15) is 0 Å². The Morgan fingerprint density at radius 3 is 2.38 bits per heavy atom. The molecule has 0 spiro atoms. The molecule has 1 N–H and O–H groups in total. The first-order valence-corrected chi connectivity index (χ1v) is 9.55. The Kier molecular flexibility index (Phi) is 5.41. The third kappa shape index (κ3) is 3.28. The van der Waals surface area contributed by atoms with Crippen LogP contribution in [0.1, 0.15) is 43.2 Å². The molecule has 1 aliphatic carbocycles. The Labute approximate surface area is 146 Å². The number of aliphatic hydroxyl groups excluding tert-OH is 1. The molecular formula is C19H23NO3S. The van der Waals surface area contributed by atoms with Crippen LogP contribution in [-0.4, -0.2) is 40.2 Å². The summed E-state index contributed by atoms with van der Waals surface area (Å²) in [4.78, 5) is 27.9. The smallest absolute Gasteiger partial charge is 0.268 e. The quantitative estimate of drug-likeness (QED) is 0.833. The van der Waals surface area contributed by atoms with Gasteiger partial charge in [0.05, 0.1) is 17.1 Å². The lowest BCUT2D eigenvalue weighted by atomic mass is 9.94. The maximum atomic E-state index is 13.0. The predicted molar refractivity (Wildman–Crippen MR) is 96.4 cm³/mol. The summed E-state index contributed by atoms with van der Waals surface area (Å²) in [7, 11) is 0. The van der Waals surface area contributed by atoms with Gasteiger partial charge in [-0.15, -0.1) is 11.8 Å². The summed E-state index contributed by atoms with van der Waals surface area (Å²) >= 11 is 1.29. The first-order valence-electron chi connectivity index (χ1n) is 8.56. The molecule has 0 bridgehead atoms. The second-order valence-electron chi connectivity index (χ2n) is 6.41. The zero-order chi connectivity index (χ0) is 17.1. The third-order valence-corrected chi connectivity index (χ3v) is 5.74. The summed E-state index contributed by atoms with van der Waals surface area (Å²) in [6, 6.07) is 7.74. The van der Waals surface area contributed by atoms with Crippen molar-refractivity contribution in [1.29, 1.82) is 0 Å². The van der Waals surface area contributed by atoms with E-state index in [-0.39, 0.29) is 24.5 Å². The minimum Gasteiger partial charge on any atom is -0.396 e. The van der Waals surface area contributed by atoms with Crippen LogP contribution in [0.15, 0.2) is 29.2 Å². The largest absolute Gasteiger partial charge is 0.396 e. The number of thioether (sulfide) groups is 1. The van der Waals surface area contributed by atoms with E-state index in [1.165, 1.54) is 23.1 Å². The monoisotopic (exact) mass is 345 g/mol. The topological polar surface area (TPSA) is 57.6 Å². The number of aliphatic hydroxyl groups is 1. The molecule has 1 fully saturated rings. The average molecular weight is 345 g/mol. The lowest BCUT2D eigenvalue weighted by Crippen LogP contribution is -2.42. The summed E-state index contributed by atoms with van der Waals surface area (Å²) in [5.74, 6) is 0.0690. The Morgan fingerprint density at radius 2 is 1.75 bits per heavy atom. The van der Waals surface area contributed by atoms with Gasteiger partial charge < -0.3 is 5.11 Å². The molecule has 24 heavy (non-hydrogen) atoms. The average Bonchev–Trinajstić information content (AvgIpc) is 2.85. The minimum absolute atomic E-state index is 0.0136. The van der Waals surface area contributed by atoms with Crippen LogP contribution >= 0.6 is 11.8 Å². The maximum Gasteiger partial charge on any atom is 0.268 e. The van der Waals surface area contributed by atoms with Crippen LogP contribution in [0.5, 0.6) is 0 Å². The number of nitrogens with zero attached hydrogens (tertiary/aromatic N) is 1. The molecule has 0 saturated heterocycles. The Morgan fingerprint density at radius 1 is 1.08 bits per heavy atom. The van der Waals surface area contributed by atoms with Crippen LogP contribution in [0.2, 0.25) is 0 Å². The molecule has 1 heterocycles. The predicted octanol–water partition coefficient (Wildman–Crippen LogP) is 3.13. The van der Waals surface area contributed by atoms with E-state index in [0.29, 0.717) is 16.2 Å². The van der Waals surface area contributed by atoms with E-state index in [2.05, 4.69) is 0 Å². The van der Waals surface area contributed by atoms with Gasteiger partial charge in [0.1, 0.15) is 0 Å². The van der Waals surface area contributed by atoms with Gasteiger partial charge in [-0.1, -0.05) is 49.1 Å². The lowest BCUT2D eigenvalue weighted by Gasteiger charge is -2.29. The fourth-order valence-corrected chi connectivity index (χ4v) is 4.32. The van der Waals surface area contributed by atoms with Crippen molar-refractivity contribution in [3.05, 3.63) is 40.3 Å². The van der Waals surface area contributed by atoms with Gasteiger partial charge in [0.15, 0.2) is 0 Å². The maximum absolute atomic E-state index is 13.0. The van der Waals surface area contributed by atoms with Crippen molar-refractivity contribution < 1.29 is 14.7 Å². The van der Waals surface area contributed by atoms with Gasteiger partial charge in [-0.05, 0) is 25.3 Å². The van der Waals surface area contributed by atoms with E-state index in [9.17, 15) is 9.59 Å². The second kappa shape index (κ2) is 7.53. The van der Waals surface area contributed by atoms with Crippen molar-refractivity contribution in [3.8, 4) is 0 Å². The van der Waals surface area contributed by atoms with Crippen LogP contribution < -0.4 is 0 Å². The van der Waals surface area contributed by atoms with Gasteiger partial charge in [0.25, 0.3) is 11.8 Å². The zero-order valence-electron chi connectivity index (χ0n) is 14.0. The summed E-state index contributed by atoms with van der Waals surface area (Å²) in [5, 5.41) is 9.13. The third-order valence-electron chi connectivity index (χ3n) is 4.69. The number of hydrogen-bond donors (Lipinski definition) is 1. The Balaban J connectivity index is 1.96. The van der Waals surface area contributed by atoms with Gasteiger partial charge >= 0.3 is 0 Å². The Hall–Kier alpha value is -1.59. The lowest BCUT2D eigenvalue weighted by molar-refractivity contribution is -0.139. The van der Waals surface area contributed by atoms with Crippen LogP contribution in [0, 0.1) is 6.92 Å². The summed E-state index contributed by atoms with van der Waals surface area (Å²) < 4.78 is 0. The number of carbonyl (C=O) groups excluding carboxylic acids is 2. The van der Waals surface area contributed by atoms with Crippen LogP contribution in [0.4, 0.5) is 0 Å². The number of amides is 2.